The van der Waals surface area contributed by atoms with E-state index in [0.717, 1.165) is 51.1 Å². The summed E-state index contributed by atoms with van der Waals surface area (Å²) in [4.78, 5) is 58.5. The number of H-pyrrole nitrogens is 1. The fraction of sp³-hybridized carbons (Fsp3) is 0.333. The Morgan fingerprint density at radius 2 is 1.63 bits per heavy atom. The van der Waals surface area contributed by atoms with E-state index in [1.807, 2.05) is 56.1 Å². The number of aromatic amines is 1. The van der Waals surface area contributed by atoms with Gasteiger partial charge in [-0.05, 0) is 81.1 Å². The fourth-order valence-electron chi connectivity index (χ4n) is 6.41. The second kappa shape index (κ2) is 13.9. The molecule has 13 nitrogen and oxygen atoms in total. The van der Waals surface area contributed by atoms with Gasteiger partial charge in [-0.2, -0.15) is 0 Å². The molecule has 0 spiro atoms. The molecule has 0 bridgehead atoms. The van der Waals surface area contributed by atoms with E-state index in [1.54, 1.807) is 5.48 Å². The molecule has 4 aromatic heterocycles. The number of aromatic nitrogens is 5. The number of pyridine rings is 2. The Kier molecular flexibility index (Phi) is 9.45. The molecule has 1 atom stereocenters. The van der Waals surface area contributed by atoms with Gasteiger partial charge in [0.2, 0.25) is 5.95 Å². The maximum atomic E-state index is 13.9. The lowest BCUT2D eigenvalue weighted by atomic mass is 9.98. The number of hydrogen-bond donors (Lipinski definition) is 4. The molecule has 1 saturated heterocycles. The van der Waals surface area contributed by atoms with Gasteiger partial charge in [0, 0.05) is 96.8 Å². The van der Waals surface area contributed by atoms with E-state index in [-0.39, 0.29) is 29.6 Å². The average Bonchev–Trinajstić information content (AvgIpc) is 3.46. The lowest BCUT2D eigenvalue weighted by Crippen LogP contribution is -2.47. The number of piperazine rings is 1. The third-order valence-electron chi connectivity index (χ3n) is 9.32. The van der Waals surface area contributed by atoms with Crippen molar-refractivity contribution in [3.8, 4) is 11.1 Å². The van der Waals surface area contributed by atoms with Crippen molar-refractivity contribution in [1.29, 1.82) is 0 Å². The van der Waals surface area contributed by atoms with Crippen molar-refractivity contribution in [2.45, 2.75) is 53.6 Å². The van der Waals surface area contributed by atoms with Gasteiger partial charge in [0.05, 0.1) is 5.56 Å². The standard InChI is InChI=1S/C36H41N9O4/c1-6-24(5)45-20-22(3)32-28(34(47)38-19-29-21(2)13-23(4)41-35(29)48)14-26(15-30(32)45)25-7-8-31(37-16-25)43-9-11-44(12-10-43)36-39-17-27(18-40-36)33(46)42-49/h7-8,13-18,20,24,49H,6,9-12,19H2,1-5H3,(H,38,47)(H,41,48)(H,42,46)/t24-/m1/s1. The van der Waals surface area contributed by atoms with Gasteiger partial charge in [-0.25, -0.2) is 20.4 Å². The van der Waals surface area contributed by atoms with Crippen LogP contribution in [0.25, 0.3) is 22.0 Å². The third kappa shape index (κ3) is 6.74. The first-order valence-electron chi connectivity index (χ1n) is 16.4. The predicted molar refractivity (Wildman–Crippen MR) is 188 cm³/mol. The van der Waals surface area contributed by atoms with E-state index in [1.165, 1.54) is 12.4 Å². The molecule has 1 aliphatic rings. The molecule has 1 aromatic carbocycles. The van der Waals surface area contributed by atoms with Gasteiger partial charge < -0.3 is 24.7 Å². The molecular weight excluding hydrogens is 622 g/mol. The zero-order chi connectivity index (χ0) is 34.8. The number of hydrogen-bond acceptors (Lipinski definition) is 9. The van der Waals surface area contributed by atoms with Crippen LogP contribution in [-0.2, 0) is 6.54 Å². The van der Waals surface area contributed by atoms with Crippen LogP contribution in [-0.4, -0.2) is 67.7 Å². The topological polar surface area (TPSA) is 161 Å². The van der Waals surface area contributed by atoms with Crippen molar-refractivity contribution in [1.82, 2.24) is 35.3 Å². The number of aryl methyl sites for hydroxylation is 3. The second-order valence-electron chi connectivity index (χ2n) is 12.6. The van der Waals surface area contributed by atoms with Gasteiger partial charge in [0.15, 0.2) is 0 Å². The Morgan fingerprint density at radius 3 is 2.27 bits per heavy atom. The molecule has 1 fully saturated rings. The number of amides is 2. The van der Waals surface area contributed by atoms with Crippen molar-refractivity contribution >= 4 is 34.5 Å². The molecule has 6 rings (SSSR count). The van der Waals surface area contributed by atoms with Crippen LogP contribution in [0.4, 0.5) is 11.8 Å². The Balaban J connectivity index is 1.24. The van der Waals surface area contributed by atoms with E-state index >= 15 is 0 Å². The van der Waals surface area contributed by atoms with Crippen LogP contribution < -0.4 is 26.2 Å². The van der Waals surface area contributed by atoms with Crippen molar-refractivity contribution in [2.24, 2.45) is 0 Å². The van der Waals surface area contributed by atoms with Crippen LogP contribution in [0.15, 0.2) is 59.9 Å². The molecule has 4 N–H and O–H groups in total. The zero-order valence-electron chi connectivity index (χ0n) is 28.4. The first-order valence-corrected chi connectivity index (χ1v) is 16.4. The summed E-state index contributed by atoms with van der Waals surface area (Å²) in [6.45, 7) is 12.9. The van der Waals surface area contributed by atoms with Crippen LogP contribution in [0.1, 0.15) is 69.4 Å². The molecule has 49 heavy (non-hydrogen) atoms. The minimum Gasteiger partial charge on any atom is -0.353 e. The van der Waals surface area contributed by atoms with E-state index in [0.29, 0.717) is 43.3 Å². The number of carbonyl (C=O) groups excluding carboxylic acids is 2. The normalized spacial score (nSPS) is 13.8. The Labute approximate surface area is 284 Å². The minimum atomic E-state index is -0.657. The number of hydroxylamine groups is 1. The fourth-order valence-corrected chi connectivity index (χ4v) is 6.41. The molecule has 13 heteroatoms. The lowest BCUT2D eigenvalue weighted by molar-refractivity contribution is 0.0705. The van der Waals surface area contributed by atoms with E-state index < -0.39 is 5.91 Å². The van der Waals surface area contributed by atoms with Gasteiger partial charge in [0.1, 0.15) is 5.82 Å². The molecule has 2 amide bonds. The molecule has 254 valence electrons. The second-order valence-corrected chi connectivity index (χ2v) is 12.6. The molecule has 5 aromatic rings. The SMILES string of the molecule is CC[C@@H](C)n1cc(C)c2c(C(=O)NCc3c(C)cc(C)[nH]c3=O)cc(-c3ccc(N4CCN(c5ncc(C(=O)NO)cn5)CC4)nc3)cc21. The van der Waals surface area contributed by atoms with Crippen molar-refractivity contribution in [2.75, 3.05) is 36.0 Å². The van der Waals surface area contributed by atoms with Gasteiger partial charge in [-0.15, -0.1) is 0 Å². The maximum Gasteiger partial charge on any atom is 0.277 e. The summed E-state index contributed by atoms with van der Waals surface area (Å²) in [7, 11) is 0. The summed E-state index contributed by atoms with van der Waals surface area (Å²) in [5.74, 6) is 0.464. The first kappa shape index (κ1) is 33.3. The van der Waals surface area contributed by atoms with Gasteiger partial charge in [0.25, 0.3) is 17.4 Å². The number of rotatable bonds is 9. The quantitative estimate of drug-likeness (QED) is 0.132. The third-order valence-corrected chi connectivity index (χ3v) is 9.32. The lowest BCUT2D eigenvalue weighted by Gasteiger charge is -2.35. The van der Waals surface area contributed by atoms with Crippen LogP contribution in [0.5, 0.6) is 0 Å². The van der Waals surface area contributed by atoms with E-state index in [2.05, 4.69) is 55.8 Å². The van der Waals surface area contributed by atoms with E-state index in [4.69, 9.17) is 10.2 Å². The minimum absolute atomic E-state index is 0.124. The highest BCUT2D eigenvalue weighted by molar-refractivity contribution is 6.09. The number of fused-ring (bicyclic) bond motifs is 1. The van der Waals surface area contributed by atoms with Gasteiger partial charge in [-0.1, -0.05) is 6.92 Å². The molecule has 0 radical (unpaired) electrons. The molecule has 5 heterocycles. The molecule has 0 saturated carbocycles. The first-order chi connectivity index (χ1) is 23.6. The number of benzene rings is 1. The van der Waals surface area contributed by atoms with Crippen LogP contribution in [0.2, 0.25) is 0 Å². The summed E-state index contributed by atoms with van der Waals surface area (Å²) in [5.41, 5.74) is 8.04. The summed E-state index contributed by atoms with van der Waals surface area (Å²) in [6, 6.07) is 10.2. The van der Waals surface area contributed by atoms with Crippen molar-refractivity contribution < 1.29 is 14.8 Å². The number of anilines is 2. The van der Waals surface area contributed by atoms with Crippen LogP contribution >= 0.6 is 0 Å². The molecular formula is C36H41N9O4. The summed E-state index contributed by atoms with van der Waals surface area (Å²) in [5, 5.41) is 12.7. The molecule has 0 aliphatic carbocycles. The highest BCUT2D eigenvalue weighted by Crippen LogP contribution is 2.34. The number of carbonyl (C=O) groups is 2. The van der Waals surface area contributed by atoms with Crippen LogP contribution in [0, 0.1) is 20.8 Å². The Morgan fingerprint density at radius 1 is 0.918 bits per heavy atom. The molecule has 1 aliphatic heterocycles. The highest BCUT2D eigenvalue weighted by atomic mass is 16.5. The largest absolute Gasteiger partial charge is 0.353 e. The van der Waals surface area contributed by atoms with Crippen LogP contribution in [0.3, 0.4) is 0 Å². The maximum absolute atomic E-state index is 13.9. The zero-order valence-corrected chi connectivity index (χ0v) is 28.4. The van der Waals surface area contributed by atoms with E-state index in [9.17, 15) is 14.4 Å². The monoisotopic (exact) mass is 663 g/mol. The Hall–Kier alpha value is -5.56. The van der Waals surface area contributed by atoms with Gasteiger partial charge in [-0.3, -0.25) is 19.6 Å². The molecule has 0 unspecified atom stereocenters. The summed E-state index contributed by atoms with van der Waals surface area (Å²) < 4.78 is 2.24. The smallest absolute Gasteiger partial charge is 0.277 e. The number of nitrogens with one attached hydrogen (secondary N) is 3. The highest BCUT2D eigenvalue weighted by Gasteiger charge is 2.22. The number of nitrogens with zero attached hydrogens (tertiary/aromatic N) is 6. The summed E-state index contributed by atoms with van der Waals surface area (Å²) in [6.07, 6.45) is 7.67. The van der Waals surface area contributed by atoms with Gasteiger partial charge >= 0.3 is 0 Å². The predicted octanol–water partition coefficient (Wildman–Crippen LogP) is 4.45. The summed E-state index contributed by atoms with van der Waals surface area (Å²) >= 11 is 0. The Bertz CT molecular complexity index is 2060. The van der Waals surface area contributed by atoms with Crippen molar-refractivity contribution in [3.05, 3.63) is 99.0 Å². The average molecular weight is 664 g/mol. The van der Waals surface area contributed by atoms with Crippen molar-refractivity contribution in [3.63, 3.8) is 0 Å².